The Kier molecular flexibility index (Phi) is 13.6. The summed E-state index contributed by atoms with van der Waals surface area (Å²) in [7, 11) is 0. The van der Waals surface area contributed by atoms with Crippen molar-refractivity contribution in [1.29, 1.82) is 0 Å². The lowest BCUT2D eigenvalue weighted by atomic mass is 9.98. The van der Waals surface area contributed by atoms with Crippen LogP contribution in [0.4, 0.5) is 0 Å². The number of nitrogens with zero attached hydrogens (tertiary/aromatic N) is 3. The summed E-state index contributed by atoms with van der Waals surface area (Å²) in [5.41, 5.74) is -1.05. The van der Waals surface area contributed by atoms with Crippen LogP contribution in [0.5, 0.6) is 0 Å². The van der Waals surface area contributed by atoms with Gasteiger partial charge in [-0.05, 0) is 41.0 Å². The van der Waals surface area contributed by atoms with Crippen LogP contribution in [-0.2, 0) is 70.0 Å². The van der Waals surface area contributed by atoms with Crippen LogP contribution in [0.2, 0.25) is 0 Å². The topological polar surface area (TPSA) is 234 Å². The van der Waals surface area contributed by atoms with Crippen LogP contribution < -0.4 is 0 Å². The standard InChI is InChI=1S/C31H49N3O15/c1-15-24(44-16(2)35)26(46-18(4)37)23(40)29(43-15)49-30(6,7)10-11-42-31(8,9)12-20-13-34(33-32-20)14-21-22(39)25(45-17(3)36)27(28(41)48-21)47-19(5)38/h13,15,21-29,39-41H,10-12,14H2,1-9H3/t15?,21-,22-,23?,24?,25+,26?,27-,28+,29?/m1/s1. The van der Waals surface area contributed by atoms with E-state index in [1.54, 1.807) is 27.0 Å². The van der Waals surface area contributed by atoms with Gasteiger partial charge < -0.3 is 53.2 Å². The van der Waals surface area contributed by atoms with Crippen LogP contribution in [0.3, 0.4) is 0 Å². The number of ether oxygens (including phenoxy) is 8. The molecule has 2 aliphatic heterocycles. The predicted octanol–water partition coefficient (Wildman–Crippen LogP) is -0.288. The Morgan fingerprint density at radius 3 is 1.90 bits per heavy atom. The minimum absolute atomic E-state index is 0.0732. The van der Waals surface area contributed by atoms with E-state index >= 15 is 0 Å². The highest BCUT2D eigenvalue weighted by Gasteiger charge is 2.50. The van der Waals surface area contributed by atoms with Gasteiger partial charge in [0.1, 0.15) is 18.3 Å². The van der Waals surface area contributed by atoms with E-state index < -0.39 is 96.5 Å². The summed E-state index contributed by atoms with van der Waals surface area (Å²) < 4.78 is 45.6. The van der Waals surface area contributed by atoms with E-state index in [0.29, 0.717) is 18.5 Å². The number of aliphatic hydroxyl groups excluding tert-OH is 3. The Bertz CT molecular complexity index is 1300. The molecule has 0 aliphatic carbocycles. The van der Waals surface area contributed by atoms with Crippen LogP contribution >= 0.6 is 0 Å². The largest absolute Gasteiger partial charge is 0.456 e. The van der Waals surface area contributed by atoms with Crippen molar-refractivity contribution in [3.63, 3.8) is 0 Å². The highest BCUT2D eigenvalue weighted by Crippen LogP contribution is 2.31. The number of hydrogen-bond acceptors (Lipinski definition) is 17. The Balaban J connectivity index is 1.56. The molecule has 2 saturated heterocycles. The predicted molar refractivity (Wildman–Crippen MR) is 163 cm³/mol. The molecule has 0 aromatic carbocycles. The molecule has 0 radical (unpaired) electrons. The summed E-state index contributed by atoms with van der Waals surface area (Å²) in [6.45, 7) is 13.7. The van der Waals surface area contributed by atoms with Crippen molar-refractivity contribution >= 4 is 23.9 Å². The maximum Gasteiger partial charge on any atom is 0.303 e. The molecular weight excluding hydrogens is 654 g/mol. The second-order valence-electron chi connectivity index (χ2n) is 13.4. The minimum atomic E-state index is -1.67. The minimum Gasteiger partial charge on any atom is -0.456 e. The zero-order valence-corrected chi connectivity index (χ0v) is 29.3. The molecule has 0 amide bonds. The Labute approximate surface area is 284 Å². The normalized spacial score (nSPS) is 30.7. The molecule has 2 aliphatic rings. The molecular formula is C31H49N3O15. The summed E-state index contributed by atoms with van der Waals surface area (Å²) in [6, 6.07) is 0. The van der Waals surface area contributed by atoms with Crippen LogP contribution in [0.25, 0.3) is 0 Å². The van der Waals surface area contributed by atoms with Crippen LogP contribution in [0.1, 0.15) is 74.4 Å². The smallest absolute Gasteiger partial charge is 0.303 e. The van der Waals surface area contributed by atoms with Crippen molar-refractivity contribution in [2.45, 2.75) is 154 Å². The lowest BCUT2D eigenvalue weighted by Crippen LogP contribution is -2.61. The van der Waals surface area contributed by atoms with Gasteiger partial charge in [-0.2, -0.15) is 0 Å². The molecule has 3 rings (SSSR count). The molecule has 0 bridgehead atoms. The first kappa shape index (κ1) is 40.2. The van der Waals surface area contributed by atoms with Crippen molar-refractivity contribution in [3.05, 3.63) is 11.9 Å². The van der Waals surface area contributed by atoms with Gasteiger partial charge >= 0.3 is 23.9 Å². The number of aliphatic hydroxyl groups is 3. The number of carbonyl (C=O) groups is 4. The number of rotatable bonds is 14. The van der Waals surface area contributed by atoms with Crippen LogP contribution in [0.15, 0.2) is 6.20 Å². The summed E-state index contributed by atoms with van der Waals surface area (Å²) in [6.07, 6.45) is -10.3. The maximum atomic E-state index is 11.7. The third kappa shape index (κ3) is 11.7. The lowest BCUT2D eigenvalue weighted by molar-refractivity contribution is -0.320. The number of carbonyl (C=O) groups excluding carboxylic acids is 4. The quantitative estimate of drug-likeness (QED) is 0.167. The zero-order valence-electron chi connectivity index (χ0n) is 29.3. The highest BCUT2D eigenvalue weighted by molar-refractivity contribution is 5.68. The Morgan fingerprint density at radius 2 is 1.33 bits per heavy atom. The maximum absolute atomic E-state index is 11.7. The van der Waals surface area contributed by atoms with E-state index in [1.165, 1.54) is 18.5 Å². The monoisotopic (exact) mass is 703 g/mol. The second-order valence-corrected chi connectivity index (χ2v) is 13.4. The van der Waals surface area contributed by atoms with Gasteiger partial charge in [-0.25, -0.2) is 4.68 Å². The van der Waals surface area contributed by atoms with Gasteiger partial charge in [-0.15, -0.1) is 5.10 Å². The van der Waals surface area contributed by atoms with Crippen LogP contribution in [0, 0.1) is 0 Å². The molecule has 1 aromatic heterocycles. The molecule has 2 fully saturated rings. The average molecular weight is 704 g/mol. The second kappa shape index (κ2) is 16.6. The third-order valence-corrected chi connectivity index (χ3v) is 7.79. The number of esters is 4. The Hall–Kier alpha value is -3.26. The zero-order chi connectivity index (χ0) is 36.8. The summed E-state index contributed by atoms with van der Waals surface area (Å²) in [5.74, 6) is -2.78. The number of aromatic nitrogens is 3. The van der Waals surface area contributed by atoms with Crippen molar-refractivity contribution in [1.82, 2.24) is 15.0 Å². The molecule has 5 unspecified atom stereocenters. The van der Waals surface area contributed by atoms with E-state index in [0.717, 1.165) is 13.8 Å². The van der Waals surface area contributed by atoms with Gasteiger partial charge in [0, 0.05) is 40.3 Å². The van der Waals surface area contributed by atoms with Crippen molar-refractivity contribution in [2.24, 2.45) is 0 Å². The first-order valence-electron chi connectivity index (χ1n) is 15.9. The van der Waals surface area contributed by atoms with Gasteiger partial charge in [0.05, 0.1) is 36.2 Å². The Morgan fingerprint density at radius 1 is 0.796 bits per heavy atom. The molecule has 3 heterocycles. The van der Waals surface area contributed by atoms with Crippen LogP contribution in [-0.4, -0.2) is 133 Å². The van der Waals surface area contributed by atoms with Crippen molar-refractivity contribution in [3.8, 4) is 0 Å². The summed E-state index contributed by atoms with van der Waals surface area (Å²) in [4.78, 5) is 46.4. The molecule has 10 atom stereocenters. The van der Waals surface area contributed by atoms with E-state index in [-0.39, 0.29) is 13.2 Å². The molecule has 3 N–H and O–H groups in total. The van der Waals surface area contributed by atoms with Crippen molar-refractivity contribution < 1.29 is 72.4 Å². The van der Waals surface area contributed by atoms with Crippen molar-refractivity contribution in [2.75, 3.05) is 6.61 Å². The molecule has 0 spiro atoms. The summed E-state index contributed by atoms with van der Waals surface area (Å²) in [5, 5.41) is 40.5. The van der Waals surface area contributed by atoms with Gasteiger partial charge in [0.2, 0.25) is 0 Å². The highest BCUT2D eigenvalue weighted by atomic mass is 16.7. The first-order valence-corrected chi connectivity index (χ1v) is 15.9. The average Bonchev–Trinajstić information content (AvgIpc) is 3.38. The lowest BCUT2D eigenvalue weighted by Gasteiger charge is -2.44. The van der Waals surface area contributed by atoms with E-state index in [9.17, 15) is 34.5 Å². The molecule has 18 nitrogen and oxygen atoms in total. The van der Waals surface area contributed by atoms with Gasteiger partial charge in [0.25, 0.3) is 0 Å². The molecule has 278 valence electrons. The molecule has 0 saturated carbocycles. The number of hydrogen-bond donors (Lipinski definition) is 3. The fourth-order valence-electron chi connectivity index (χ4n) is 5.59. The van der Waals surface area contributed by atoms with Gasteiger partial charge in [-0.3, -0.25) is 19.2 Å². The molecule has 1 aromatic rings. The van der Waals surface area contributed by atoms with Gasteiger partial charge in [0.15, 0.2) is 37.0 Å². The summed E-state index contributed by atoms with van der Waals surface area (Å²) >= 11 is 0. The van der Waals surface area contributed by atoms with E-state index in [2.05, 4.69) is 10.3 Å². The third-order valence-electron chi connectivity index (χ3n) is 7.79. The first-order chi connectivity index (χ1) is 22.7. The molecule has 18 heteroatoms. The fraction of sp³-hybridized carbons (Fsp3) is 0.806. The van der Waals surface area contributed by atoms with E-state index in [1.807, 2.05) is 13.8 Å². The SMILES string of the molecule is CC(=O)OC1C(C)OC(OC(C)(C)CCOC(C)(C)Cc2cn(C[C@H]3O[C@H](O)[C@H](OC(C)=O)[C@@H](OC(C)=O)[C@@H]3O)nn2)C(O)C1OC(C)=O. The van der Waals surface area contributed by atoms with Gasteiger partial charge in [-0.1, -0.05) is 5.21 Å². The fourth-order valence-corrected chi connectivity index (χ4v) is 5.59. The van der Waals surface area contributed by atoms with E-state index in [4.69, 9.17) is 37.9 Å². The molecule has 49 heavy (non-hydrogen) atoms.